The van der Waals surface area contributed by atoms with Crippen LogP contribution in [0.1, 0.15) is 35.8 Å². The van der Waals surface area contributed by atoms with E-state index < -0.39 is 6.04 Å². The number of fused-ring (bicyclic) bond motifs is 1. The Kier molecular flexibility index (Phi) is 4.64. The Morgan fingerprint density at radius 1 is 1.12 bits per heavy atom. The molecule has 0 unspecified atom stereocenters. The zero-order valence-corrected chi connectivity index (χ0v) is 15.1. The summed E-state index contributed by atoms with van der Waals surface area (Å²) >= 11 is 6.12. The van der Waals surface area contributed by atoms with E-state index in [1.54, 1.807) is 18.3 Å². The molecule has 0 fully saturated rings. The molecule has 0 aliphatic rings. The van der Waals surface area contributed by atoms with Crippen molar-refractivity contribution >= 4 is 39.9 Å². The van der Waals surface area contributed by atoms with Gasteiger partial charge in [0.05, 0.1) is 0 Å². The lowest BCUT2D eigenvalue weighted by molar-refractivity contribution is -0.118. The second kappa shape index (κ2) is 6.73. The molecule has 0 aliphatic carbocycles. The lowest BCUT2D eigenvalue weighted by Crippen LogP contribution is -2.23. The monoisotopic (exact) mass is 354 g/mol. The molecule has 0 aliphatic heterocycles. The first kappa shape index (κ1) is 17.2. The predicted molar refractivity (Wildman–Crippen MR) is 101 cm³/mol. The number of para-hydroxylation sites is 1. The number of carbonyl (C=O) groups is 2. The fourth-order valence-electron chi connectivity index (χ4n) is 2.91. The molecule has 4 nitrogen and oxygen atoms in total. The zero-order chi connectivity index (χ0) is 18.1. The second-order valence-corrected chi connectivity index (χ2v) is 6.51. The van der Waals surface area contributed by atoms with Crippen molar-refractivity contribution in [3.05, 3.63) is 64.8 Å². The van der Waals surface area contributed by atoms with Gasteiger partial charge in [-0.3, -0.25) is 9.59 Å². The van der Waals surface area contributed by atoms with Gasteiger partial charge in [-0.15, -0.1) is 0 Å². The van der Waals surface area contributed by atoms with Gasteiger partial charge in [-0.1, -0.05) is 35.9 Å². The Hall–Kier alpha value is -2.59. The highest BCUT2D eigenvalue weighted by molar-refractivity contribution is 6.31. The molecule has 0 saturated carbocycles. The van der Waals surface area contributed by atoms with Gasteiger partial charge < -0.3 is 9.88 Å². The average Bonchev–Trinajstić information content (AvgIpc) is 2.98. The van der Waals surface area contributed by atoms with Crippen LogP contribution in [-0.2, 0) is 4.79 Å². The number of Topliss-reactive ketones (excluding diaryl/α,β-unsaturated/α-hetero) is 1. The quantitative estimate of drug-likeness (QED) is 0.670. The maximum Gasteiger partial charge on any atom is 0.247 e. The number of nitrogens with zero attached hydrogens (tertiary/aromatic N) is 1. The van der Waals surface area contributed by atoms with Crippen molar-refractivity contribution in [2.24, 2.45) is 0 Å². The molecule has 2 aromatic carbocycles. The SMILES string of the molecule is CC(=O)c1cn([C@H](C)C(=O)Nc2cccc(Cl)c2C)c2ccccc12. The standard InChI is InChI=1S/C20H19ClN2O2/c1-12-17(21)8-6-9-18(12)22-20(25)13(2)23-11-16(14(3)24)15-7-4-5-10-19(15)23/h4-11,13H,1-3H3,(H,22,25)/t13-/m1/s1. The van der Waals surface area contributed by atoms with E-state index in [-0.39, 0.29) is 11.7 Å². The van der Waals surface area contributed by atoms with Crippen molar-refractivity contribution in [1.82, 2.24) is 4.57 Å². The summed E-state index contributed by atoms with van der Waals surface area (Å²) in [5, 5.41) is 4.39. The van der Waals surface area contributed by atoms with Gasteiger partial charge in [0.2, 0.25) is 5.91 Å². The minimum absolute atomic E-state index is 0.0201. The molecule has 0 radical (unpaired) electrons. The van der Waals surface area contributed by atoms with E-state index in [0.29, 0.717) is 16.3 Å². The second-order valence-electron chi connectivity index (χ2n) is 6.10. The Morgan fingerprint density at radius 3 is 2.56 bits per heavy atom. The summed E-state index contributed by atoms with van der Waals surface area (Å²) in [7, 11) is 0. The van der Waals surface area contributed by atoms with Crippen molar-refractivity contribution in [1.29, 1.82) is 0 Å². The molecule has 0 bridgehead atoms. The fraction of sp³-hybridized carbons (Fsp3) is 0.200. The van der Waals surface area contributed by atoms with E-state index in [4.69, 9.17) is 11.6 Å². The van der Waals surface area contributed by atoms with Gasteiger partial charge in [0.15, 0.2) is 5.78 Å². The summed E-state index contributed by atoms with van der Waals surface area (Å²) in [4.78, 5) is 24.6. The summed E-state index contributed by atoms with van der Waals surface area (Å²) in [5.74, 6) is -0.186. The Balaban J connectivity index is 1.96. The number of nitrogens with one attached hydrogen (secondary N) is 1. The number of halogens is 1. The first-order valence-electron chi connectivity index (χ1n) is 8.06. The van der Waals surface area contributed by atoms with Crippen molar-refractivity contribution in [2.75, 3.05) is 5.32 Å². The largest absolute Gasteiger partial charge is 0.335 e. The summed E-state index contributed by atoms with van der Waals surface area (Å²) in [5.41, 5.74) is 2.99. The van der Waals surface area contributed by atoms with Gasteiger partial charge in [-0.2, -0.15) is 0 Å². The van der Waals surface area contributed by atoms with Gasteiger partial charge in [0.25, 0.3) is 0 Å². The van der Waals surface area contributed by atoms with Gasteiger partial charge in [0.1, 0.15) is 6.04 Å². The molecule has 3 aromatic rings. The van der Waals surface area contributed by atoms with Crippen LogP contribution in [0.3, 0.4) is 0 Å². The maximum atomic E-state index is 12.7. The highest BCUT2D eigenvalue weighted by Crippen LogP contribution is 2.27. The fourth-order valence-corrected chi connectivity index (χ4v) is 3.09. The molecule has 1 heterocycles. The number of carbonyl (C=O) groups excluding carboxylic acids is 2. The van der Waals surface area contributed by atoms with Crippen molar-refractivity contribution in [3.63, 3.8) is 0 Å². The number of amides is 1. The van der Waals surface area contributed by atoms with Crippen molar-refractivity contribution in [3.8, 4) is 0 Å². The molecule has 1 amide bonds. The Morgan fingerprint density at radius 2 is 1.84 bits per heavy atom. The van der Waals surface area contributed by atoms with Gasteiger partial charge in [-0.05, 0) is 44.5 Å². The summed E-state index contributed by atoms with van der Waals surface area (Å²) in [6, 6.07) is 12.5. The van der Waals surface area contributed by atoms with Crippen LogP contribution in [0.4, 0.5) is 5.69 Å². The van der Waals surface area contributed by atoms with Gasteiger partial charge >= 0.3 is 0 Å². The van der Waals surface area contributed by atoms with Crippen LogP contribution in [0.15, 0.2) is 48.7 Å². The van der Waals surface area contributed by atoms with E-state index in [1.807, 2.05) is 48.7 Å². The molecule has 25 heavy (non-hydrogen) atoms. The van der Waals surface area contributed by atoms with Crippen LogP contribution >= 0.6 is 11.6 Å². The van der Waals surface area contributed by atoms with E-state index in [1.165, 1.54) is 6.92 Å². The topological polar surface area (TPSA) is 51.1 Å². The smallest absolute Gasteiger partial charge is 0.247 e. The van der Waals surface area contributed by atoms with E-state index in [9.17, 15) is 9.59 Å². The molecule has 1 atom stereocenters. The van der Waals surface area contributed by atoms with E-state index in [2.05, 4.69) is 5.32 Å². The highest BCUT2D eigenvalue weighted by Gasteiger charge is 2.20. The molecule has 1 N–H and O–H groups in total. The number of hydrogen-bond acceptors (Lipinski definition) is 2. The van der Waals surface area contributed by atoms with Crippen LogP contribution in [0.2, 0.25) is 5.02 Å². The molecule has 5 heteroatoms. The first-order chi connectivity index (χ1) is 11.9. The molecular formula is C20H19ClN2O2. The number of aromatic nitrogens is 1. The molecular weight excluding hydrogens is 336 g/mol. The van der Waals surface area contributed by atoms with E-state index >= 15 is 0 Å². The lowest BCUT2D eigenvalue weighted by Gasteiger charge is -2.17. The predicted octanol–water partition coefficient (Wildman–Crippen LogP) is 5.01. The lowest BCUT2D eigenvalue weighted by atomic mass is 10.1. The maximum absolute atomic E-state index is 12.7. The van der Waals surface area contributed by atoms with Gasteiger partial charge in [0, 0.05) is 33.4 Å². The summed E-state index contributed by atoms with van der Waals surface area (Å²) in [6.07, 6.45) is 1.75. The molecule has 128 valence electrons. The molecule has 0 spiro atoms. The minimum atomic E-state index is -0.476. The normalized spacial score (nSPS) is 12.2. The number of rotatable bonds is 4. The molecule has 1 aromatic heterocycles. The number of anilines is 1. The number of ketones is 1. The number of benzene rings is 2. The van der Waals surface area contributed by atoms with Crippen molar-refractivity contribution in [2.45, 2.75) is 26.8 Å². The third-order valence-corrected chi connectivity index (χ3v) is 4.85. The Bertz CT molecular complexity index is 975. The van der Waals surface area contributed by atoms with Crippen LogP contribution < -0.4 is 5.32 Å². The van der Waals surface area contributed by atoms with Crippen LogP contribution in [0.5, 0.6) is 0 Å². The summed E-state index contributed by atoms with van der Waals surface area (Å²) < 4.78 is 1.83. The van der Waals surface area contributed by atoms with Crippen LogP contribution in [0.25, 0.3) is 10.9 Å². The van der Waals surface area contributed by atoms with Crippen LogP contribution in [0, 0.1) is 6.92 Å². The van der Waals surface area contributed by atoms with Crippen LogP contribution in [-0.4, -0.2) is 16.3 Å². The molecule has 3 rings (SSSR count). The van der Waals surface area contributed by atoms with Crippen molar-refractivity contribution < 1.29 is 9.59 Å². The third kappa shape index (κ3) is 3.17. The van der Waals surface area contributed by atoms with E-state index in [0.717, 1.165) is 16.5 Å². The first-order valence-corrected chi connectivity index (χ1v) is 8.44. The summed E-state index contributed by atoms with van der Waals surface area (Å²) in [6.45, 7) is 5.21. The minimum Gasteiger partial charge on any atom is -0.335 e. The highest BCUT2D eigenvalue weighted by atomic mass is 35.5. The number of hydrogen-bond donors (Lipinski definition) is 1. The van der Waals surface area contributed by atoms with Gasteiger partial charge in [-0.25, -0.2) is 0 Å². The molecule has 0 saturated heterocycles. The average molecular weight is 355 g/mol. The zero-order valence-electron chi connectivity index (χ0n) is 14.3. The Labute approximate surface area is 151 Å². The third-order valence-electron chi connectivity index (χ3n) is 4.44.